The van der Waals surface area contributed by atoms with Crippen molar-refractivity contribution in [3.8, 4) is 0 Å². The standard InChI is InChI=1S/C21H25N5O2S/c1-16(27)24-11-13-25(14-12-24)18-5-7-19(8-6-18)26-15-28-21(23-26)22-17-3-9-20(29-2)10-4-17/h3-10H,11-15H2,1-2H3,(H,22,23). The minimum absolute atomic E-state index is 0.151. The quantitative estimate of drug-likeness (QED) is 0.781. The van der Waals surface area contributed by atoms with E-state index < -0.39 is 0 Å². The van der Waals surface area contributed by atoms with Crippen LogP contribution in [0.15, 0.2) is 58.4 Å². The zero-order chi connectivity index (χ0) is 20.2. The molecule has 2 fully saturated rings. The molecule has 0 aliphatic carbocycles. The van der Waals surface area contributed by atoms with E-state index in [0.717, 1.165) is 37.6 Å². The molecule has 8 heteroatoms. The van der Waals surface area contributed by atoms with Gasteiger partial charge in [0.25, 0.3) is 0 Å². The monoisotopic (exact) mass is 411 g/mol. The lowest BCUT2D eigenvalue weighted by Gasteiger charge is -2.35. The van der Waals surface area contributed by atoms with E-state index in [1.807, 2.05) is 34.2 Å². The van der Waals surface area contributed by atoms with Gasteiger partial charge in [-0.2, -0.15) is 4.99 Å². The van der Waals surface area contributed by atoms with Crippen molar-refractivity contribution < 1.29 is 9.53 Å². The van der Waals surface area contributed by atoms with Gasteiger partial charge in [-0.1, -0.05) is 0 Å². The first-order chi connectivity index (χ1) is 14.1. The number of hydrogen-bond acceptors (Lipinski definition) is 6. The van der Waals surface area contributed by atoms with Crippen LogP contribution in [0.5, 0.6) is 0 Å². The van der Waals surface area contributed by atoms with E-state index >= 15 is 0 Å². The number of carbonyl (C=O) groups is 1. The number of nitrogens with zero attached hydrogens (tertiary/aromatic N) is 4. The molecule has 0 atom stereocenters. The Morgan fingerprint density at radius 1 is 1.00 bits per heavy atom. The van der Waals surface area contributed by atoms with Gasteiger partial charge in [-0.3, -0.25) is 4.79 Å². The smallest absolute Gasteiger partial charge is 0.311 e. The van der Waals surface area contributed by atoms with E-state index in [2.05, 4.69) is 45.8 Å². The van der Waals surface area contributed by atoms with Gasteiger partial charge in [0.2, 0.25) is 5.91 Å². The number of benzene rings is 2. The topological polar surface area (TPSA) is 60.4 Å². The fourth-order valence-corrected chi connectivity index (χ4v) is 3.81. The highest BCUT2D eigenvalue weighted by Gasteiger charge is 2.21. The Morgan fingerprint density at radius 3 is 2.28 bits per heavy atom. The summed E-state index contributed by atoms with van der Waals surface area (Å²) < 4.78 is 5.67. The van der Waals surface area contributed by atoms with Crippen molar-refractivity contribution in [1.82, 2.24) is 10.3 Å². The minimum Gasteiger partial charge on any atom is -0.441 e. The Morgan fingerprint density at radius 2 is 1.66 bits per heavy atom. The number of anilines is 2. The third kappa shape index (κ3) is 4.59. The van der Waals surface area contributed by atoms with Crippen LogP contribution in [0.25, 0.3) is 0 Å². The lowest BCUT2D eigenvalue weighted by molar-refractivity contribution is -0.129. The van der Waals surface area contributed by atoms with Gasteiger partial charge in [-0.15, -0.1) is 11.8 Å². The van der Waals surface area contributed by atoms with Crippen molar-refractivity contribution >= 4 is 40.8 Å². The first-order valence-corrected chi connectivity index (χ1v) is 10.8. The number of hydrazine groups is 1. The molecule has 4 rings (SSSR count). The maximum absolute atomic E-state index is 11.5. The second-order valence-corrected chi connectivity index (χ2v) is 7.82. The van der Waals surface area contributed by atoms with Crippen LogP contribution in [0.3, 0.4) is 0 Å². The zero-order valence-corrected chi connectivity index (χ0v) is 17.5. The number of rotatable bonds is 4. The molecule has 1 amide bonds. The molecule has 2 saturated heterocycles. The van der Waals surface area contributed by atoms with Gasteiger partial charge in [-0.25, -0.2) is 10.4 Å². The highest BCUT2D eigenvalue weighted by Crippen LogP contribution is 2.24. The summed E-state index contributed by atoms with van der Waals surface area (Å²) in [4.78, 5) is 21.4. The van der Waals surface area contributed by atoms with Crippen LogP contribution in [0.4, 0.5) is 17.1 Å². The summed E-state index contributed by atoms with van der Waals surface area (Å²) in [5.41, 5.74) is 6.23. The molecule has 2 heterocycles. The number of nitrogens with one attached hydrogen (secondary N) is 1. The summed E-state index contributed by atoms with van der Waals surface area (Å²) in [6.07, 6.45) is 2.05. The molecular weight excluding hydrogens is 386 g/mol. The SMILES string of the molecule is CSc1ccc(N=C2NN(c3ccc(N4CCN(C(C)=O)CC4)cc3)CO2)cc1. The van der Waals surface area contributed by atoms with E-state index in [1.165, 1.54) is 10.6 Å². The molecule has 2 aliphatic heterocycles. The van der Waals surface area contributed by atoms with Gasteiger partial charge < -0.3 is 14.5 Å². The molecule has 0 unspecified atom stereocenters. The van der Waals surface area contributed by atoms with Gasteiger partial charge in [-0.05, 0) is 54.8 Å². The number of hydrogen-bond donors (Lipinski definition) is 1. The van der Waals surface area contributed by atoms with Crippen molar-refractivity contribution in [2.24, 2.45) is 4.99 Å². The molecule has 7 nitrogen and oxygen atoms in total. The summed E-state index contributed by atoms with van der Waals surface area (Å²) in [5, 5.41) is 1.92. The number of carbonyl (C=O) groups excluding carboxylic acids is 1. The number of amidine groups is 1. The zero-order valence-electron chi connectivity index (χ0n) is 16.7. The van der Waals surface area contributed by atoms with E-state index in [4.69, 9.17) is 4.74 Å². The molecule has 0 radical (unpaired) electrons. The van der Waals surface area contributed by atoms with Crippen molar-refractivity contribution in [2.45, 2.75) is 11.8 Å². The van der Waals surface area contributed by atoms with Crippen molar-refractivity contribution in [1.29, 1.82) is 0 Å². The van der Waals surface area contributed by atoms with Crippen LogP contribution in [0.1, 0.15) is 6.92 Å². The Bertz CT molecular complexity index is 877. The Hall–Kier alpha value is -2.87. The first kappa shape index (κ1) is 19.4. The fourth-order valence-electron chi connectivity index (χ4n) is 3.40. The fraction of sp³-hybridized carbons (Fsp3) is 0.333. The molecule has 2 aromatic carbocycles. The predicted molar refractivity (Wildman–Crippen MR) is 118 cm³/mol. The second-order valence-electron chi connectivity index (χ2n) is 6.94. The number of ether oxygens (including phenoxy) is 1. The van der Waals surface area contributed by atoms with Crippen LogP contribution in [-0.4, -0.2) is 56.0 Å². The highest BCUT2D eigenvalue weighted by molar-refractivity contribution is 7.98. The van der Waals surface area contributed by atoms with Crippen molar-refractivity contribution in [3.63, 3.8) is 0 Å². The maximum atomic E-state index is 11.5. The molecule has 1 N–H and O–H groups in total. The molecular formula is C21H25N5O2S. The molecule has 0 saturated carbocycles. The van der Waals surface area contributed by atoms with E-state index in [9.17, 15) is 4.79 Å². The van der Waals surface area contributed by atoms with Gasteiger partial charge in [0.1, 0.15) is 0 Å². The van der Waals surface area contributed by atoms with Gasteiger partial charge in [0.05, 0.1) is 11.4 Å². The Labute approximate surface area is 175 Å². The molecule has 0 spiro atoms. The number of thioether (sulfide) groups is 1. The summed E-state index contributed by atoms with van der Waals surface area (Å²) >= 11 is 1.71. The average molecular weight is 412 g/mol. The first-order valence-electron chi connectivity index (χ1n) is 9.62. The number of piperazine rings is 1. The lowest BCUT2D eigenvalue weighted by atomic mass is 10.2. The summed E-state index contributed by atoms with van der Waals surface area (Å²) in [7, 11) is 0. The molecule has 152 valence electrons. The number of amides is 1. The summed E-state index contributed by atoms with van der Waals surface area (Å²) in [6, 6.07) is 16.9. The van der Waals surface area contributed by atoms with E-state index in [0.29, 0.717) is 12.8 Å². The Balaban J connectivity index is 1.36. The van der Waals surface area contributed by atoms with E-state index in [1.54, 1.807) is 18.7 Å². The summed E-state index contributed by atoms with van der Waals surface area (Å²) in [5.74, 6) is 0.151. The lowest BCUT2D eigenvalue weighted by Crippen LogP contribution is -2.48. The van der Waals surface area contributed by atoms with Crippen LogP contribution >= 0.6 is 11.8 Å². The van der Waals surface area contributed by atoms with Crippen molar-refractivity contribution in [3.05, 3.63) is 48.5 Å². The molecule has 0 bridgehead atoms. The third-order valence-electron chi connectivity index (χ3n) is 5.12. The predicted octanol–water partition coefficient (Wildman–Crippen LogP) is 3.06. The largest absolute Gasteiger partial charge is 0.441 e. The van der Waals surface area contributed by atoms with Crippen LogP contribution in [-0.2, 0) is 9.53 Å². The van der Waals surface area contributed by atoms with E-state index in [-0.39, 0.29) is 5.91 Å². The van der Waals surface area contributed by atoms with Gasteiger partial charge >= 0.3 is 6.02 Å². The summed E-state index contributed by atoms with van der Waals surface area (Å²) in [6.45, 7) is 5.30. The van der Waals surface area contributed by atoms with Gasteiger partial charge in [0.15, 0.2) is 6.73 Å². The average Bonchev–Trinajstić information content (AvgIpc) is 3.23. The van der Waals surface area contributed by atoms with Crippen LogP contribution < -0.4 is 15.3 Å². The molecule has 2 aromatic rings. The highest BCUT2D eigenvalue weighted by atomic mass is 32.2. The molecule has 0 aromatic heterocycles. The third-order valence-corrected chi connectivity index (χ3v) is 5.86. The molecule has 29 heavy (non-hydrogen) atoms. The molecule has 2 aliphatic rings. The van der Waals surface area contributed by atoms with Gasteiger partial charge in [0, 0.05) is 43.7 Å². The minimum atomic E-state index is 0.151. The van der Waals surface area contributed by atoms with Crippen LogP contribution in [0, 0.1) is 0 Å². The maximum Gasteiger partial charge on any atom is 0.311 e. The van der Waals surface area contributed by atoms with Crippen molar-refractivity contribution in [2.75, 3.05) is 49.1 Å². The Kier molecular flexibility index (Phi) is 5.80. The van der Waals surface area contributed by atoms with Crippen LogP contribution in [0.2, 0.25) is 0 Å². The second kappa shape index (κ2) is 8.65. The normalized spacial score (nSPS) is 18.0. The number of aliphatic imine (C=N–C) groups is 1.